The van der Waals surface area contributed by atoms with E-state index < -0.39 is 11.6 Å². The summed E-state index contributed by atoms with van der Waals surface area (Å²) >= 11 is 0. The van der Waals surface area contributed by atoms with E-state index in [1.807, 2.05) is 12.1 Å². The molecule has 0 saturated heterocycles. The molecule has 0 amide bonds. The average molecular weight is 473 g/mol. The van der Waals surface area contributed by atoms with Gasteiger partial charge in [-0.15, -0.1) is 0 Å². The van der Waals surface area contributed by atoms with Gasteiger partial charge >= 0.3 is 5.97 Å². The van der Waals surface area contributed by atoms with E-state index in [0.717, 1.165) is 39.5 Å². The Labute approximate surface area is 200 Å². The van der Waals surface area contributed by atoms with Crippen molar-refractivity contribution >= 4 is 27.9 Å². The Morgan fingerprint density at radius 3 is 2.71 bits per heavy atom. The zero-order valence-corrected chi connectivity index (χ0v) is 19.2. The number of aromatic nitrogens is 4. The summed E-state index contributed by atoms with van der Waals surface area (Å²) in [4.78, 5) is 39.9. The molecule has 0 spiro atoms. The molecule has 1 aromatic carbocycles. The van der Waals surface area contributed by atoms with Crippen molar-refractivity contribution in [1.29, 1.82) is 0 Å². The number of carbonyl (C=O) groups is 1. The number of benzene rings is 1. The fourth-order valence-electron chi connectivity index (χ4n) is 5.38. The van der Waals surface area contributed by atoms with Gasteiger partial charge in [0.1, 0.15) is 6.61 Å². The first kappa shape index (κ1) is 21.8. The van der Waals surface area contributed by atoms with Crippen LogP contribution < -0.4 is 5.56 Å². The number of aliphatic hydroxyl groups is 2. The first-order valence-electron chi connectivity index (χ1n) is 11.8. The molecule has 0 bridgehead atoms. The van der Waals surface area contributed by atoms with Crippen molar-refractivity contribution in [2.45, 2.75) is 51.4 Å². The average Bonchev–Trinajstić information content (AvgIpc) is 3.25. The van der Waals surface area contributed by atoms with Gasteiger partial charge in [0.15, 0.2) is 5.60 Å². The number of pyridine rings is 2. The SMILES string of the molecule is CC[C@@]1(O)C(=O)OCc2c1cc1n(c2=O)Cc2c-1nc1ccc3nccnc3c1c2CCCCO. The van der Waals surface area contributed by atoms with Crippen LogP contribution in [0.15, 0.2) is 35.4 Å². The number of rotatable bonds is 5. The molecule has 2 aliphatic heterocycles. The molecule has 4 aromatic rings. The number of nitrogens with zero attached hydrogens (tertiary/aromatic N) is 4. The first-order valence-corrected chi connectivity index (χ1v) is 11.8. The molecule has 0 aliphatic carbocycles. The lowest BCUT2D eigenvalue weighted by molar-refractivity contribution is -0.172. The second-order valence-corrected chi connectivity index (χ2v) is 9.09. The van der Waals surface area contributed by atoms with Crippen LogP contribution in [0.5, 0.6) is 0 Å². The van der Waals surface area contributed by atoms with Crippen LogP contribution in [0, 0.1) is 0 Å². The number of aryl methyl sites for hydroxylation is 1. The van der Waals surface area contributed by atoms with Crippen LogP contribution in [0.2, 0.25) is 0 Å². The van der Waals surface area contributed by atoms with E-state index in [1.54, 1.807) is 30.0 Å². The topological polar surface area (TPSA) is 127 Å². The predicted octanol–water partition coefficient (Wildman–Crippen LogP) is 2.34. The summed E-state index contributed by atoms with van der Waals surface area (Å²) in [6, 6.07) is 5.51. The zero-order valence-electron chi connectivity index (χ0n) is 19.2. The molecule has 2 N–H and O–H groups in total. The van der Waals surface area contributed by atoms with Crippen LogP contribution in [0.25, 0.3) is 33.3 Å². The molecule has 9 heteroatoms. The molecule has 178 valence electrons. The second-order valence-electron chi connectivity index (χ2n) is 9.09. The molecule has 1 atom stereocenters. The van der Waals surface area contributed by atoms with Gasteiger partial charge in [-0.1, -0.05) is 6.92 Å². The quantitative estimate of drug-likeness (QED) is 0.227. The smallest absolute Gasteiger partial charge is 0.343 e. The number of hydrogen-bond donors (Lipinski definition) is 2. The van der Waals surface area contributed by atoms with E-state index in [-0.39, 0.29) is 25.2 Å². The van der Waals surface area contributed by atoms with Crippen molar-refractivity contribution in [3.8, 4) is 11.4 Å². The van der Waals surface area contributed by atoms with Crippen molar-refractivity contribution in [3.63, 3.8) is 0 Å². The third-order valence-corrected chi connectivity index (χ3v) is 7.24. The van der Waals surface area contributed by atoms with E-state index in [9.17, 15) is 19.8 Å². The highest BCUT2D eigenvalue weighted by Crippen LogP contribution is 2.41. The first-order chi connectivity index (χ1) is 17.0. The summed E-state index contributed by atoms with van der Waals surface area (Å²) in [5.74, 6) is -0.740. The minimum absolute atomic E-state index is 0.0940. The number of hydrogen-bond acceptors (Lipinski definition) is 8. The Kier molecular flexibility index (Phi) is 4.94. The van der Waals surface area contributed by atoms with Gasteiger partial charge in [-0.3, -0.25) is 14.8 Å². The van der Waals surface area contributed by atoms with E-state index in [1.165, 1.54) is 0 Å². The van der Waals surface area contributed by atoms with E-state index in [2.05, 4.69) is 9.97 Å². The van der Waals surface area contributed by atoms with Crippen LogP contribution in [0.1, 0.15) is 48.4 Å². The summed E-state index contributed by atoms with van der Waals surface area (Å²) in [6.45, 7) is 1.95. The second kappa shape index (κ2) is 7.93. The molecule has 2 aliphatic rings. The zero-order chi connectivity index (χ0) is 24.3. The molecular formula is C26H24N4O5. The van der Waals surface area contributed by atoms with E-state index in [0.29, 0.717) is 41.9 Å². The molecule has 5 heterocycles. The van der Waals surface area contributed by atoms with Crippen LogP contribution in [0.3, 0.4) is 0 Å². The highest BCUT2D eigenvalue weighted by Gasteiger charge is 2.45. The maximum absolute atomic E-state index is 13.5. The summed E-state index contributed by atoms with van der Waals surface area (Å²) < 4.78 is 6.82. The van der Waals surface area contributed by atoms with Crippen LogP contribution >= 0.6 is 0 Å². The summed E-state index contributed by atoms with van der Waals surface area (Å²) in [6.07, 6.45) is 5.50. The fraction of sp³-hybridized carbons (Fsp3) is 0.346. The third kappa shape index (κ3) is 3.05. The Balaban J connectivity index is 1.65. The van der Waals surface area contributed by atoms with Crippen molar-refractivity contribution < 1.29 is 19.7 Å². The number of ether oxygens (including phenoxy) is 1. The van der Waals surface area contributed by atoms with Crippen LogP contribution in [-0.2, 0) is 34.7 Å². The standard InChI is InChI=1S/C26H24N4O5/c1-2-26(34)17-11-20-22-15(12-30(20)24(32)16(17)13-35-25(26)33)14(5-3-4-10-31)21-18(29-22)6-7-19-23(21)28-9-8-27-19/h6-9,11,31,34H,2-5,10,12-13H2,1H3/t26-/m0/s1. The number of aliphatic hydroxyl groups excluding tert-OH is 1. The van der Waals surface area contributed by atoms with Gasteiger partial charge in [0.2, 0.25) is 0 Å². The predicted molar refractivity (Wildman–Crippen MR) is 128 cm³/mol. The largest absolute Gasteiger partial charge is 0.458 e. The third-order valence-electron chi connectivity index (χ3n) is 7.24. The highest BCUT2D eigenvalue weighted by atomic mass is 16.6. The minimum Gasteiger partial charge on any atom is -0.458 e. The molecule has 9 nitrogen and oxygen atoms in total. The number of esters is 1. The van der Waals surface area contributed by atoms with E-state index >= 15 is 0 Å². The Bertz CT molecular complexity index is 1600. The molecule has 35 heavy (non-hydrogen) atoms. The van der Waals surface area contributed by atoms with Gasteiger partial charge in [0.05, 0.1) is 40.0 Å². The monoisotopic (exact) mass is 472 g/mol. The number of unbranched alkanes of at least 4 members (excludes halogenated alkanes) is 1. The molecule has 0 radical (unpaired) electrons. The van der Waals surface area contributed by atoms with E-state index in [4.69, 9.17) is 9.72 Å². The van der Waals surface area contributed by atoms with Gasteiger partial charge in [0, 0.05) is 35.5 Å². The maximum Gasteiger partial charge on any atom is 0.343 e. The van der Waals surface area contributed by atoms with Crippen LogP contribution in [-0.4, -0.2) is 42.3 Å². The lowest BCUT2D eigenvalue weighted by atomic mass is 9.86. The van der Waals surface area contributed by atoms with Crippen molar-refractivity contribution in [1.82, 2.24) is 19.5 Å². The van der Waals surface area contributed by atoms with Gasteiger partial charge < -0.3 is 19.5 Å². The van der Waals surface area contributed by atoms with Gasteiger partial charge in [-0.25, -0.2) is 9.78 Å². The van der Waals surface area contributed by atoms with Crippen molar-refractivity contribution in [2.24, 2.45) is 0 Å². The number of fused-ring (bicyclic) bond motifs is 7. The molecular weight excluding hydrogens is 448 g/mol. The summed E-state index contributed by atoms with van der Waals surface area (Å²) in [5.41, 5.74) is 3.89. The Morgan fingerprint density at radius 2 is 1.91 bits per heavy atom. The summed E-state index contributed by atoms with van der Waals surface area (Å²) in [5, 5.41) is 21.4. The normalized spacial score (nSPS) is 18.4. The molecule has 3 aromatic heterocycles. The molecule has 6 rings (SSSR count). The number of carbonyl (C=O) groups excluding carboxylic acids is 1. The van der Waals surface area contributed by atoms with Crippen LogP contribution in [0.4, 0.5) is 0 Å². The van der Waals surface area contributed by atoms with Gasteiger partial charge in [-0.05, 0) is 49.4 Å². The number of cyclic esters (lactones) is 1. The molecule has 0 saturated carbocycles. The maximum atomic E-state index is 13.5. The van der Waals surface area contributed by atoms with Gasteiger partial charge in [0.25, 0.3) is 5.56 Å². The lowest BCUT2D eigenvalue weighted by Gasteiger charge is -2.31. The Morgan fingerprint density at radius 1 is 1.11 bits per heavy atom. The minimum atomic E-state index is -1.86. The molecule has 0 unspecified atom stereocenters. The Hall–Kier alpha value is -3.69. The fourth-order valence-corrected chi connectivity index (χ4v) is 5.38. The highest BCUT2D eigenvalue weighted by molar-refractivity contribution is 6.05. The summed E-state index contributed by atoms with van der Waals surface area (Å²) in [7, 11) is 0. The van der Waals surface area contributed by atoms with Gasteiger partial charge in [-0.2, -0.15) is 0 Å². The van der Waals surface area contributed by atoms with Crippen molar-refractivity contribution in [2.75, 3.05) is 6.61 Å². The molecule has 0 fully saturated rings. The lowest BCUT2D eigenvalue weighted by Crippen LogP contribution is -2.44. The van der Waals surface area contributed by atoms with Crippen molar-refractivity contribution in [3.05, 3.63) is 63.2 Å².